The first-order valence-electron chi connectivity index (χ1n) is 9.33. The largest absolute Gasteiger partial charge is 0.450 e. The molecule has 2 amide bonds. The first-order chi connectivity index (χ1) is 13.5. The Balaban J connectivity index is 1.96. The van der Waals surface area contributed by atoms with Gasteiger partial charge in [-0.05, 0) is 43.5 Å². The zero-order chi connectivity index (χ0) is 20.4. The van der Waals surface area contributed by atoms with Crippen LogP contribution in [0.5, 0.6) is 0 Å². The molecule has 2 aromatic rings. The van der Waals surface area contributed by atoms with Crippen LogP contribution in [0.15, 0.2) is 42.7 Å². The van der Waals surface area contributed by atoms with Gasteiger partial charge >= 0.3 is 6.09 Å². The number of carbonyl (C=O) groups excluding carboxylic acids is 2. The SMILES string of the molecule is CCOC(=O)NC(CNC(=O)c1cccc(Nc2ncccn2)c1)CC(C)C. The van der Waals surface area contributed by atoms with E-state index in [-0.39, 0.29) is 11.9 Å². The predicted molar refractivity (Wildman–Crippen MR) is 107 cm³/mol. The van der Waals surface area contributed by atoms with Crippen molar-refractivity contribution in [2.75, 3.05) is 18.5 Å². The van der Waals surface area contributed by atoms with Gasteiger partial charge < -0.3 is 20.7 Å². The van der Waals surface area contributed by atoms with Crippen LogP contribution in [0.25, 0.3) is 0 Å². The highest BCUT2D eigenvalue weighted by Gasteiger charge is 2.16. The van der Waals surface area contributed by atoms with Gasteiger partial charge in [0, 0.05) is 36.2 Å². The maximum Gasteiger partial charge on any atom is 0.407 e. The topological polar surface area (TPSA) is 105 Å². The van der Waals surface area contributed by atoms with E-state index >= 15 is 0 Å². The van der Waals surface area contributed by atoms with Gasteiger partial charge in [0.1, 0.15) is 0 Å². The van der Waals surface area contributed by atoms with Gasteiger partial charge in [0.25, 0.3) is 5.91 Å². The number of rotatable bonds is 9. The lowest BCUT2D eigenvalue weighted by atomic mass is 10.0. The number of aromatic nitrogens is 2. The number of benzene rings is 1. The summed E-state index contributed by atoms with van der Waals surface area (Å²) in [5.41, 5.74) is 1.21. The molecule has 150 valence electrons. The zero-order valence-corrected chi connectivity index (χ0v) is 16.4. The summed E-state index contributed by atoms with van der Waals surface area (Å²) in [6.07, 6.45) is 3.53. The summed E-state index contributed by atoms with van der Waals surface area (Å²) >= 11 is 0. The van der Waals surface area contributed by atoms with Crippen molar-refractivity contribution in [3.05, 3.63) is 48.3 Å². The molecule has 8 nitrogen and oxygen atoms in total. The molecule has 8 heteroatoms. The Morgan fingerprint density at radius 3 is 2.57 bits per heavy atom. The highest BCUT2D eigenvalue weighted by Crippen LogP contribution is 2.14. The first kappa shape index (κ1) is 21.1. The van der Waals surface area contributed by atoms with Gasteiger partial charge in [0.05, 0.1) is 6.61 Å². The van der Waals surface area contributed by atoms with Crippen molar-refractivity contribution in [2.45, 2.75) is 33.2 Å². The van der Waals surface area contributed by atoms with Crippen molar-refractivity contribution in [3.63, 3.8) is 0 Å². The van der Waals surface area contributed by atoms with Crippen LogP contribution >= 0.6 is 0 Å². The van der Waals surface area contributed by atoms with Gasteiger partial charge in [-0.15, -0.1) is 0 Å². The fraction of sp³-hybridized carbons (Fsp3) is 0.400. The first-order valence-corrected chi connectivity index (χ1v) is 9.33. The smallest absolute Gasteiger partial charge is 0.407 e. The molecule has 0 aliphatic carbocycles. The number of alkyl carbamates (subject to hydrolysis) is 1. The lowest BCUT2D eigenvalue weighted by molar-refractivity contribution is 0.0944. The average molecular weight is 385 g/mol. The highest BCUT2D eigenvalue weighted by atomic mass is 16.5. The minimum atomic E-state index is -0.476. The number of hydrogen-bond donors (Lipinski definition) is 3. The zero-order valence-electron chi connectivity index (χ0n) is 16.4. The van der Waals surface area contributed by atoms with Gasteiger partial charge in [-0.2, -0.15) is 0 Å². The number of nitrogens with one attached hydrogen (secondary N) is 3. The summed E-state index contributed by atoms with van der Waals surface area (Å²) in [4.78, 5) is 32.4. The summed E-state index contributed by atoms with van der Waals surface area (Å²) in [6, 6.07) is 8.58. The second kappa shape index (κ2) is 10.9. The van der Waals surface area contributed by atoms with E-state index in [2.05, 4.69) is 39.8 Å². The maximum absolute atomic E-state index is 12.5. The number of anilines is 2. The second-order valence-corrected chi connectivity index (χ2v) is 6.68. The quantitative estimate of drug-likeness (QED) is 0.612. The molecule has 3 N–H and O–H groups in total. The summed E-state index contributed by atoms with van der Waals surface area (Å²) < 4.78 is 4.93. The van der Waals surface area contributed by atoms with Crippen LogP contribution < -0.4 is 16.0 Å². The molecular formula is C20H27N5O3. The van der Waals surface area contributed by atoms with Crippen molar-refractivity contribution >= 4 is 23.6 Å². The van der Waals surface area contributed by atoms with Gasteiger partial charge in [0.15, 0.2) is 0 Å². The Kier molecular flexibility index (Phi) is 8.20. The van der Waals surface area contributed by atoms with Crippen LogP contribution in [0.1, 0.15) is 37.6 Å². The predicted octanol–water partition coefficient (Wildman–Crippen LogP) is 3.11. The van der Waals surface area contributed by atoms with E-state index in [1.54, 1.807) is 43.6 Å². The number of carbonyl (C=O) groups is 2. The molecule has 1 atom stereocenters. The third-order valence-electron chi connectivity index (χ3n) is 3.81. The fourth-order valence-corrected chi connectivity index (χ4v) is 2.65. The highest BCUT2D eigenvalue weighted by molar-refractivity contribution is 5.95. The number of hydrogen-bond acceptors (Lipinski definition) is 6. The van der Waals surface area contributed by atoms with Crippen molar-refractivity contribution < 1.29 is 14.3 Å². The van der Waals surface area contributed by atoms with Crippen molar-refractivity contribution in [3.8, 4) is 0 Å². The van der Waals surface area contributed by atoms with E-state index in [1.807, 2.05) is 6.07 Å². The molecule has 0 radical (unpaired) electrons. The van der Waals surface area contributed by atoms with Crippen LogP contribution in [0.3, 0.4) is 0 Å². The monoisotopic (exact) mass is 385 g/mol. The van der Waals surface area contributed by atoms with Gasteiger partial charge in [-0.25, -0.2) is 14.8 Å². The van der Waals surface area contributed by atoms with Crippen LogP contribution in [-0.2, 0) is 4.74 Å². The third kappa shape index (κ3) is 7.22. The number of amides is 2. The molecular weight excluding hydrogens is 358 g/mol. The molecule has 28 heavy (non-hydrogen) atoms. The maximum atomic E-state index is 12.5. The molecule has 0 aliphatic rings. The number of nitrogens with zero attached hydrogens (tertiary/aromatic N) is 2. The molecule has 0 spiro atoms. The minimum Gasteiger partial charge on any atom is -0.450 e. The van der Waals surface area contributed by atoms with Crippen LogP contribution in [-0.4, -0.2) is 41.2 Å². The summed E-state index contributed by atoms with van der Waals surface area (Å²) in [7, 11) is 0. The summed E-state index contributed by atoms with van der Waals surface area (Å²) in [5, 5.41) is 8.72. The fourth-order valence-electron chi connectivity index (χ4n) is 2.65. The Morgan fingerprint density at radius 2 is 1.89 bits per heavy atom. The normalized spacial score (nSPS) is 11.6. The molecule has 1 aromatic heterocycles. The van der Waals surface area contributed by atoms with Crippen molar-refractivity contribution in [2.24, 2.45) is 5.92 Å². The number of ether oxygens (including phenoxy) is 1. The van der Waals surface area contributed by atoms with E-state index in [4.69, 9.17) is 4.74 Å². The van der Waals surface area contributed by atoms with Crippen LogP contribution in [0.4, 0.5) is 16.4 Å². The average Bonchev–Trinajstić information content (AvgIpc) is 2.66. The molecule has 0 saturated heterocycles. The van der Waals surface area contributed by atoms with E-state index in [0.717, 1.165) is 6.42 Å². The Labute approximate surface area is 165 Å². The molecule has 1 aromatic carbocycles. The van der Waals surface area contributed by atoms with E-state index in [9.17, 15) is 9.59 Å². The Bertz CT molecular complexity index is 767. The standard InChI is InChI=1S/C20H27N5O3/c1-4-28-20(27)25-17(11-14(2)3)13-23-18(26)15-7-5-8-16(12-15)24-19-21-9-6-10-22-19/h5-10,12,14,17H,4,11,13H2,1-3H3,(H,23,26)(H,25,27)(H,21,22,24). The molecule has 1 heterocycles. The molecule has 1 unspecified atom stereocenters. The third-order valence-corrected chi connectivity index (χ3v) is 3.81. The van der Waals surface area contributed by atoms with Gasteiger partial charge in [0.2, 0.25) is 5.95 Å². The minimum absolute atomic E-state index is 0.206. The lowest BCUT2D eigenvalue weighted by Crippen LogP contribution is -2.44. The van der Waals surface area contributed by atoms with Crippen molar-refractivity contribution in [1.82, 2.24) is 20.6 Å². The van der Waals surface area contributed by atoms with Gasteiger partial charge in [-0.3, -0.25) is 4.79 Å². The van der Waals surface area contributed by atoms with E-state index in [1.165, 1.54) is 0 Å². The summed E-state index contributed by atoms with van der Waals surface area (Å²) in [5.74, 6) is 0.593. The molecule has 2 rings (SSSR count). The van der Waals surface area contributed by atoms with Crippen LogP contribution in [0, 0.1) is 5.92 Å². The van der Waals surface area contributed by atoms with E-state index in [0.29, 0.717) is 36.3 Å². The Hall–Kier alpha value is -3.16. The molecule has 0 saturated carbocycles. The van der Waals surface area contributed by atoms with Crippen LogP contribution in [0.2, 0.25) is 0 Å². The second-order valence-electron chi connectivity index (χ2n) is 6.68. The lowest BCUT2D eigenvalue weighted by Gasteiger charge is -2.20. The van der Waals surface area contributed by atoms with E-state index < -0.39 is 6.09 Å². The molecule has 0 fully saturated rings. The Morgan fingerprint density at radius 1 is 1.14 bits per heavy atom. The molecule has 0 bridgehead atoms. The van der Waals surface area contributed by atoms with Gasteiger partial charge in [-0.1, -0.05) is 19.9 Å². The van der Waals surface area contributed by atoms with Crippen molar-refractivity contribution in [1.29, 1.82) is 0 Å². The summed E-state index contributed by atoms with van der Waals surface area (Å²) in [6.45, 7) is 6.48. The molecule has 0 aliphatic heterocycles.